The van der Waals surface area contributed by atoms with Crippen LogP contribution in [0.15, 0.2) is 60.9 Å². The van der Waals surface area contributed by atoms with Crippen LogP contribution in [0.5, 0.6) is 0 Å². The van der Waals surface area contributed by atoms with Crippen LogP contribution in [-0.4, -0.2) is 43.7 Å². The van der Waals surface area contributed by atoms with E-state index in [2.05, 4.69) is 50.4 Å². The Morgan fingerprint density at radius 3 is 2.50 bits per heavy atom. The Balaban J connectivity index is 1.08. The van der Waals surface area contributed by atoms with Crippen molar-refractivity contribution < 1.29 is 4.79 Å². The van der Waals surface area contributed by atoms with Crippen molar-refractivity contribution in [3.63, 3.8) is 0 Å². The highest BCUT2D eigenvalue weighted by Crippen LogP contribution is 2.31. The molecule has 8 nitrogen and oxygen atoms in total. The molecule has 2 aromatic carbocycles. The molecule has 0 radical (unpaired) electrons. The summed E-state index contributed by atoms with van der Waals surface area (Å²) < 4.78 is 2.99. The third-order valence-electron chi connectivity index (χ3n) is 6.38. The average Bonchev–Trinajstić information content (AvgIpc) is 3.40. The predicted octanol–water partition coefficient (Wildman–Crippen LogP) is 4.94. The number of aromatic nitrogens is 5. The van der Waals surface area contributed by atoms with Crippen LogP contribution < -0.4 is 10.2 Å². The molecule has 36 heavy (non-hydrogen) atoms. The molecule has 9 heteroatoms. The van der Waals surface area contributed by atoms with E-state index in [1.54, 1.807) is 17.7 Å². The Bertz CT molecular complexity index is 1580. The minimum atomic E-state index is -0.0933. The van der Waals surface area contributed by atoms with Crippen LogP contribution in [-0.2, 0) is 4.79 Å². The SMILES string of the molecule is Cc1ccc2nc(-c3ccc(NC(=O)C4CN(c5cc(-n6nc(C)cc6C)ncn5)C4)cc3)sc2c1. The lowest BCUT2D eigenvalue weighted by Gasteiger charge is -2.39. The van der Waals surface area contributed by atoms with Crippen LogP contribution in [0.2, 0.25) is 0 Å². The highest BCUT2D eigenvalue weighted by molar-refractivity contribution is 7.21. The van der Waals surface area contributed by atoms with Crippen molar-refractivity contribution in [3.05, 3.63) is 77.9 Å². The number of nitrogens with one attached hydrogen (secondary N) is 1. The molecule has 0 spiro atoms. The van der Waals surface area contributed by atoms with Gasteiger partial charge in [0, 0.05) is 36.1 Å². The van der Waals surface area contributed by atoms with Gasteiger partial charge in [0.05, 0.1) is 21.8 Å². The van der Waals surface area contributed by atoms with Gasteiger partial charge >= 0.3 is 0 Å². The number of anilines is 2. The summed E-state index contributed by atoms with van der Waals surface area (Å²) in [6.07, 6.45) is 1.54. The number of carbonyl (C=O) groups is 1. The molecule has 1 fully saturated rings. The standard InChI is InChI=1S/C27H25N7OS/c1-16-4-9-22-23(10-16)36-27(31-22)19-5-7-21(8-6-19)30-26(35)20-13-33(14-20)24-12-25(29-15-28-24)34-18(3)11-17(2)32-34/h4-12,15,20H,13-14H2,1-3H3,(H,30,35). The fraction of sp³-hybridized carbons (Fsp3) is 0.222. The van der Waals surface area contributed by atoms with E-state index in [-0.39, 0.29) is 11.8 Å². The predicted molar refractivity (Wildman–Crippen MR) is 143 cm³/mol. The lowest BCUT2D eigenvalue weighted by molar-refractivity contribution is -0.120. The smallest absolute Gasteiger partial charge is 0.231 e. The largest absolute Gasteiger partial charge is 0.355 e. The van der Waals surface area contributed by atoms with Gasteiger partial charge in [0.1, 0.15) is 17.2 Å². The first kappa shape index (κ1) is 22.4. The first-order valence-electron chi connectivity index (χ1n) is 11.8. The second-order valence-electron chi connectivity index (χ2n) is 9.23. The zero-order valence-electron chi connectivity index (χ0n) is 20.3. The first-order chi connectivity index (χ1) is 17.4. The third-order valence-corrected chi connectivity index (χ3v) is 7.45. The monoisotopic (exact) mass is 495 g/mol. The number of nitrogens with zero attached hydrogens (tertiary/aromatic N) is 6. The normalized spacial score (nSPS) is 13.7. The Labute approximate surface area is 212 Å². The second-order valence-corrected chi connectivity index (χ2v) is 10.3. The van der Waals surface area contributed by atoms with Gasteiger partial charge in [-0.3, -0.25) is 4.79 Å². The van der Waals surface area contributed by atoms with E-state index in [9.17, 15) is 4.79 Å². The molecular formula is C27H25N7OS. The lowest BCUT2D eigenvalue weighted by Crippen LogP contribution is -2.52. The molecule has 1 aliphatic heterocycles. The summed E-state index contributed by atoms with van der Waals surface area (Å²) >= 11 is 1.68. The number of thiazole rings is 1. The molecule has 0 saturated carbocycles. The van der Waals surface area contributed by atoms with Crippen molar-refractivity contribution in [1.29, 1.82) is 0 Å². The van der Waals surface area contributed by atoms with Crippen molar-refractivity contribution in [2.24, 2.45) is 5.92 Å². The molecule has 180 valence electrons. The Morgan fingerprint density at radius 2 is 1.75 bits per heavy atom. The van der Waals surface area contributed by atoms with E-state index < -0.39 is 0 Å². The number of benzene rings is 2. The number of fused-ring (bicyclic) bond motifs is 1. The Morgan fingerprint density at radius 1 is 0.972 bits per heavy atom. The van der Waals surface area contributed by atoms with Gasteiger partial charge in [-0.2, -0.15) is 5.10 Å². The lowest BCUT2D eigenvalue weighted by atomic mass is 9.99. The molecule has 0 atom stereocenters. The molecule has 1 amide bonds. The molecule has 0 unspecified atom stereocenters. The van der Waals surface area contributed by atoms with Crippen LogP contribution in [0.3, 0.4) is 0 Å². The van der Waals surface area contributed by atoms with E-state index in [0.717, 1.165) is 44.8 Å². The molecule has 4 heterocycles. The second kappa shape index (κ2) is 8.83. The zero-order valence-corrected chi connectivity index (χ0v) is 21.1. The van der Waals surface area contributed by atoms with Crippen molar-refractivity contribution >= 4 is 39.0 Å². The number of hydrogen-bond acceptors (Lipinski definition) is 7. The van der Waals surface area contributed by atoms with Gasteiger partial charge < -0.3 is 10.2 Å². The first-order valence-corrected chi connectivity index (χ1v) is 12.6. The Hall–Kier alpha value is -4.11. The molecule has 1 N–H and O–H groups in total. The maximum atomic E-state index is 12.8. The summed E-state index contributed by atoms with van der Waals surface area (Å²) in [5.74, 6) is 1.44. The van der Waals surface area contributed by atoms with E-state index in [4.69, 9.17) is 4.98 Å². The maximum absolute atomic E-state index is 12.8. The number of hydrogen-bond donors (Lipinski definition) is 1. The molecule has 1 aliphatic rings. The quantitative estimate of drug-likeness (QED) is 0.372. The van der Waals surface area contributed by atoms with Crippen LogP contribution >= 0.6 is 11.3 Å². The summed E-state index contributed by atoms with van der Waals surface area (Å²) in [5.41, 5.74) is 6.03. The highest BCUT2D eigenvalue weighted by atomic mass is 32.1. The molecule has 6 rings (SSSR count). The van der Waals surface area contributed by atoms with E-state index in [1.807, 2.05) is 54.9 Å². The van der Waals surface area contributed by atoms with Crippen LogP contribution in [0, 0.1) is 26.7 Å². The molecule has 0 bridgehead atoms. The number of amides is 1. The fourth-order valence-electron chi connectivity index (χ4n) is 4.41. The van der Waals surface area contributed by atoms with Gasteiger partial charge in [0.25, 0.3) is 0 Å². The highest BCUT2D eigenvalue weighted by Gasteiger charge is 2.33. The van der Waals surface area contributed by atoms with Crippen molar-refractivity contribution in [2.45, 2.75) is 20.8 Å². The van der Waals surface area contributed by atoms with Gasteiger partial charge in [-0.1, -0.05) is 6.07 Å². The summed E-state index contributed by atoms with van der Waals surface area (Å²) in [6.45, 7) is 7.27. The van der Waals surface area contributed by atoms with Gasteiger partial charge in [-0.25, -0.2) is 19.6 Å². The van der Waals surface area contributed by atoms with Crippen molar-refractivity contribution in [2.75, 3.05) is 23.3 Å². The maximum Gasteiger partial charge on any atom is 0.231 e. The van der Waals surface area contributed by atoms with Crippen molar-refractivity contribution in [1.82, 2.24) is 24.7 Å². The molecule has 5 aromatic rings. The number of carbonyl (C=O) groups excluding carboxylic acids is 1. The minimum absolute atomic E-state index is 0.0160. The average molecular weight is 496 g/mol. The zero-order chi connectivity index (χ0) is 24.8. The Kier molecular flexibility index (Phi) is 5.49. The van der Waals surface area contributed by atoms with Gasteiger partial charge in [0.2, 0.25) is 5.91 Å². The summed E-state index contributed by atoms with van der Waals surface area (Å²) in [6, 6.07) is 18.1. The summed E-state index contributed by atoms with van der Waals surface area (Å²) in [7, 11) is 0. The van der Waals surface area contributed by atoms with Crippen LogP contribution in [0.25, 0.3) is 26.6 Å². The van der Waals surface area contributed by atoms with E-state index >= 15 is 0 Å². The third kappa shape index (κ3) is 4.22. The number of rotatable bonds is 5. The fourth-order valence-corrected chi connectivity index (χ4v) is 5.48. The van der Waals surface area contributed by atoms with E-state index in [0.29, 0.717) is 13.1 Å². The number of aryl methyl sites for hydroxylation is 3. The summed E-state index contributed by atoms with van der Waals surface area (Å²) in [5, 5.41) is 8.52. The van der Waals surface area contributed by atoms with Crippen molar-refractivity contribution in [3.8, 4) is 16.4 Å². The molecule has 0 aliphatic carbocycles. The van der Waals surface area contributed by atoms with E-state index in [1.165, 1.54) is 10.3 Å². The van der Waals surface area contributed by atoms with Crippen LogP contribution in [0.4, 0.5) is 11.5 Å². The summed E-state index contributed by atoms with van der Waals surface area (Å²) in [4.78, 5) is 28.4. The van der Waals surface area contributed by atoms with Gasteiger partial charge in [-0.05, 0) is 68.8 Å². The molecule has 1 saturated heterocycles. The topological polar surface area (TPSA) is 88.8 Å². The van der Waals surface area contributed by atoms with Gasteiger partial charge in [-0.15, -0.1) is 11.3 Å². The molecular weight excluding hydrogens is 470 g/mol. The minimum Gasteiger partial charge on any atom is -0.355 e. The van der Waals surface area contributed by atoms with Gasteiger partial charge in [0.15, 0.2) is 5.82 Å². The molecule has 3 aromatic heterocycles. The van der Waals surface area contributed by atoms with Crippen LogP contribution in [0.1, 0.15) is 17.0 Å².